The normalized spacial score (nSPS) is 31.3. The van der Waals surface area contributed by atoms with Gasteiger partial charge >= 0.3 is 0 Å². The number of rotatable bonds is 4. The Balaban J connectivity index is 1.62. The van der Waals surface area contributed by atoms with Crippen LogP contribution in [0.3, 0.4) is 0 Å². The molecule has 0 N–H and O–H groups in total. The van der Waals surface area contributed by atoms with Gasteiger partial charge in [-0.2, -0.15) is 0 Å². The van der Waals surface area contributed by atoms with E-state index in [4.69, 9.17) is 0 Å². The molecule has 0 aromatic rings. The maximum Gasteiger partial charge on any atom is 0.0223 e. The summed E-state index contributed by atoms with van der Waals surface area (Å²) in [7, 11) is 0. The molecule has 2 saturated heterocycles. The van der Waals surface area contributed by atoms with Gasteiger partial charge in [-0.05, 0) is 69.5 Å². The Bertz CT molecular complexity index is 320. The summed E-state index contributed by atoms with van der Waals surface area (Å²) >= 11 is 0. The zero-order valence-electron chi connectivity index (χ0n) is 14.4. The number of nitrogens with zero attached hydrogens (tertiary/aromatic N) is 2. The molecule has 1 unspecified atom stereocenters. The van der Waals surface area contributed by atoms with E-state index in [1.54, 1.807) is 0 Å². The minimum absolute atomic E-state index is 0.665. The number of piperidine rings is 1. The first kappa shape index (κ1) is 15.8. The van der Waals surface area contributed by atoms with Crippen LogP contribution in [0, 0.1) is 11.3 Å². The SMILES string of the molecule is CC(C)CC1(CN2CCCN3CCCCC3C2)CCCC1. The average Bonchev–Trinajstić information content (AvgIpc) is 2.78. The predicted octanol–water partition coefficient (Wildman–Crippen LogP) is 4.15. The lowest BCUT2D eigenvalue weighted by atomic mass is 9.78. The average molecular weight is 293 g/mol. The molecule has 0 aromatic carbocycles. The van der Waals surface area contributed by atoms with Crippen LogP contribution in [0.5, 0.6) is 0 Å². The Morgan fingerprint density at radius 1 is 0.952 bits per heavy atom. The maximum atomic E-state index is 2.86. The summed E-state index contributed by atoms with van der Waals surface area (Å²) in [6.45, 7) is 11.7. The van der Waals surface area contributed by atoms with Crippen molar-refractivity contribution in [2.45, 2.75) is 77.7 Å². The quantitative estimate of drug-likeness (QED) is 0.768. The standard InChI is InChI=1S/C19H36N2/c1-17(2)14-19(9-4-5-10-19)16-20-11-7-13-21-12-6-3-8-18(21)15-20/h17-18H,3-16H2,1-2H3. The van der Waals surface area contributed by atoms with Crippen LogP contribution in [-0.2, 0) is 0 Å². The molecule has 2 nitrogen and oxygen atoms in total. The Morgan fingerprint density at radius 3 is 2.48 bits per heavy atom. The summed E-state index contributed by atoms with van der Waals surface area (Å²) in [6, 6.07) is 0.874. The van der Waals surface area contributed by atoms with Gasteiger partial charge in [0.2, 0.25) is 0 Å². The van der Waals surface area contributed by atoms with Crippen LogP contribution < -0.4 is 0 Å². The van der Waals surface area contributed by atoms with Crippen LogP contribution in [0.2, 0.25) is 0 Å². The van der Waals surface area contributed by atoms with Crippen molar-refractivity contribution in [2.24, 2.45) is 11.3 Å². The third-order valence-electron chi connectivity index (χ3n) is 6.20. The van der Waals surface area contributed by atoms with E-state index >= 15 is 0 Å². The van der Waals surface area contributed by atoms with Gasteiger partial charge in [0.05, 0.1) is 0 Å². The topological polar surface area (TPSA) is 6.48 Å². The molecule has 21 heavy (non-hydrogen) atoms. The third kappa shape index (κ3) is 4.01. The van der Waals surface area contributed by atoms with Crippen molar-refractivity contribution in [1.82, 2.24) is 9.80 Å². The highest BCUT2D eigenvalue weighted by atomic mass is 15.2. The molecule has 1 aliphatic carbocycles. The molecule has 3 rings (SSSR count). The van der Waals surface area contributed by atoms with Gasteiger partial charge in [-0.1, -0.05) is 33.1 Å². The summed E-state index contributed by atoms with van der Waals surface area (Å²) in [5, 5.41) is 0. The van der Waals surface area contributed by atoms with Crippen molar-refractivity contribution in [3.05, 3.63) is 0 Å². The lowest BCUT2D eigenvalue weighted by Crippen LogP contribution is -2.46. The van der Waals surface area contributed by atoms with E-state index in [9.17, 15) is 0 Å². The zero-order chi connectivity index (χ0) is 14.7. The molecule has 0 radical (unpaired) electrons. The van der Waals surface area contributed by atoms with Crippen LogP contribution in [0.25, 0.3) is 0 Å². The molecule has 0 bridgehead atoms. The third-order valence-corrected chi connectivity index (χ3v) is 6.20. The van der Waals surface area contributed by atoms with Crippen molar-refractivity contribution in [1.29, 1.82) is 0 Å². The highest BCUT2D eigenvalue weighted by molar-refractivity contribution is 4.91. The Labute approximate surface area is 132 Å². The number of hydrogen-bond acceptors (Lipinski definition) is 2. The first-order valence-corrected chi connectivity index (χ1v) is 9.63. The summed E-state index contributed by atoms with van der Waals surface area (Å²) in [6.07, 6.45) is 13.2. The first-order chi connectivity index (χ1) is 10.2. The zero-order valence-corrected chi connectivity index (χ0v) is 14.4. The molecule has 2 aliphatic heterocycles. The van der Waals surface area contributed by atoms with E-state index in [0.29, 0.717) is 5.41 Å². The van der Waals surface area contributed by atoms with Gasteiger partial charge in [0, 0.05) is 19.1 Å². The van der Waals surface area contributed by atoms with E-state index in [2.05, 4.69) is 23.6 Å². The number of fused-ring (bicyclic) bond motifs is 1. The molecule has 1 atom stereocenters. The van der Waals surface area contributed by atoms with Gasteiger partial charge in [-0.3, -0.25) is 4.90 Å². The largest absolute Gasteiger partial charge is 0.301 e. The summed E-state index contributed by atoms with van der Waals surface area (Å²) < 4.78 is 0. The second-order valence-corrected chi connectivity index (χ2v) is 8.58. The van der Waals surface area contributed by atoms with Crippen LogP contribution >= 0.6 is 0 Å². The summed E-state index contributed by atoms with van der Waals surface area (Å²) in [4.78, 5) is 5.66. The minimum Gasteiger partial charge on any atom is -0.301 e. The molecule has 1 saturated carbocycles. The van der Waals surface area contributed by atoms with Crippen molar-refractivity contribution < 1.29 is 0 Å². The van der Waals surface area contributed by atoms with Gasteiger partial charge < -0.3 is 4.90 Å². The lowest BCUT2D eigenvalue weighted by molar-refractivity contribution is 0.0984. The van der Waals surface area contributed by atoms with Crippen molar-refractivity contribution in [3.8, 4) is 0 Å². The van der Waals surface area contributed by atoms with E-state index in [0.717, 1.165) is 12.0 Å². The van der Waals surface area contributed by atoms with Crippen LogP contribution in [0.1, 0.15) is 71.6 Å². The van der Waals surface area contributed by atoms with E-state index in [1.807, 2.05) is 0 Å². The van der Waals surface area contributed by atoms with Crippen LogP contribution in [0.15, 0.2) is 0 Å². The number of hydrogen-bond donors (Lipinski definition) is 0. The monoisotopic (exact) mass is 292 g/mol. The van der Waals surface area contributed by atoms with Crippen molar-refractivity contribution in [3.63, 3.8) is 0 Å². The van der Waals surface area contributed by atoms with Gasteiger partial charge in [0.1, 0.15) is 0 Å². The maximum absolute atomic E-state index is 2.86. The Hall–Kier alpha value is -0.0800. The Kier molecular flexibility index (Phi) is 5.27. The fourth-order valence-corrected chi connectivity index (χ4v) is 5.48. The predicted molar refractivity (Wildman–Crippen MR) is 90.6 cm³/mol. The molecular formula is C19H36N2. The van der Waals surface area contributed by atoms with Gasteiger partial charge in [-0.25, -0.2) is 0 Å². The molecule has 0 aromatic heterocycles. The van der Waals surface area contributed by atoms with Crippen LogP contribution in [0.4, 0.5) is 0 Å². The van der Waals surface area contributed by atoms with Crippen LogP contribution in [-0.4, -0.2) is 48.6 Å². The molecule has 0 spiro atoms. The second kappa shape index (κ2) is 7.00. The molecular weight excluding hydrogens is 256 g/mol. The molecule has 2 heterocycles. The fourth-order valence-electron chi connectivity index (χ4n) is 5.48. The summed E-state index contributed by atoms with van der Waals surface area (Å²) in [5.74, 6) is 0.862. The molecule has 122 valence electrons. The van der Waals surface area contributed by atoms with E-state index < -0.39 is 0 Å². The molecule has 3 aliphatic rings. The summed E-state index contributed by atoms with van der Waals surface area (Å²) in [5.41, 5.74) is 0.665. The van der Waals surface area contributed by atoms with E-state index in [-0.39, 0.29) is 0 Å². The Morgan fingerprint density at radius 2 is 1.71 bits per heavy atom. The molecule has 3 fully saturated rings. The molecule has 2 heteroatoms. The van der Waals surface area contributed by atoms with Gasteiger partial charge in [0.25, 0.3) is 0 Å². The van der Waals surface area contributed by atoms with Gasteiger partial charge in [0.15, 0.2) is 0 Å². The van der Waals surface area contributed by atoms with Gasteiger partial charge in [-0.15, -0.1) is 0 Å². The fraction of sp³-hybridized carbons (Fsp3) is 1.00. The lowest BCUT2D eigenvalue weighted by Gasteiger charge is -2.39. The molecule has 0 amide bonds. The highest BCUT2D eigenvalue weighted by Crippen LogP contribution is 2.44. The van der Waals surface area contributed by atoms with E-state index in [1.165, 1.54) is 90.5 Å². The first-order valence-electron chi connectivity index (χ1n) is 9.63. The van der Waals surface area contributed by atoms with Crippen molar-refractivity contribution in [2.75, 3.05) is 32.7 Å². The highest BCUT2D eigenvalue weighted by Gasteiger charge is 2.37. The smallest absolute Gasteiger partial charge is 0.0223 e. The second-order valence-electron chi connectivity index (χ2n) is 8.58. The minimum atomic E-state index is 0.665. The van der Waals surface area contributed by atoms with Crippen molar-refractivity contribution >= 4 is 0 Å².